The summed E-state index contributed by atoms with van der Waals surface area (Å²) in [5.74, 6) is 0.830. The summed E-state index contributed by atoms with van der Waals surface area (Å²) in [6.07, 6.45) is 4.21. The van der Waals surface area contributed by atoms with Crippen molar-refractivity contribution >= 4 is 0 Å². The van der Waals surface area contributed by atoms with Crippen LogP contribution in [0.15, 0.2) is 12.1 Å². The van der Waals surface area contributed by atoms with Crippen molar-refractivity contribution in [3.8, 4) is 11.6 Å². The number of methoxy groups -OCH3 is 1. The summed E-state index contributed by atoms with van der Waals surface area (Å²) < 4.78 is 4.99. The second kappa shape index (κ2) is 5.47. The molecular formula is C11H17NO2. The summed E-state index contributed by atoms with van der Waals surface area (Å²) in [5.41, 5.74) is 0.734. The van der Waals surface area contributed by atoms with Gasteiger partial charge >= 0.3 is 0 Å². The van der Waals surface area contributed by atoms with Crippen LogP contribution in [0.1, 0.15) is 31.9 Å². The topological polar surface area (TPSA) is 42.4 Å². The van der Waals surface area contributed by atoms with Crippen LogP contribution in [0.5, 0.6) is 11.6 Å². The van der Waals surface area contributed by atoms with Gasteiger partial charge in [-0.1, -0.05) is 19.8 Å². The number of ether oxygens (including phenoxy) is 1. The van der Waals surface area contributed by atoms with Gasteiger partial charge in [0.15, 0.2) is 0 Å². The normalized spacial score (nSPS) is 10.1. The highest BCUT2D eigenvalue weighted by Crippen LogP contribution is 2.20. The Morgan fingerprint density at radius 2 is 2.14 bits per heavy atom. The molecule has 0 bridgehead atoms. The van der Waals surface area contributed by atoms with Gasteiger partial charge in [-0.25, -0.2) is 4.98 Å². The Kier molecular flexibility index (Phi) is 4.23. The predicted octanol–water partition coefficient (Wildman–Crippen LogP) is 2.53. The molecule has 0 atom stereocenters. The van der Waals surface area contributed by atoms with Gasteiger partial charge in [-0.3, -0.25) is 0 Å². The van der Waals surface area contributed by atoms with Gasteiger partial charge in [0, 0.05) is 6.07 Å². The van der Waals surface area contributed by atoms with Crippen molar-refractivity contribution in [1.82, 2.24) is 4.98 Å². The Morgan fingerprint density at radius 3 is 2.79 bits per heavy atom. The zero-order chi connectivity index (χ0) is 10.4. The van der Waals surface area contributed by atoms with Gasteiger partial charge in [0.05, 0.1) is 12.8 Å². The van der Waals surface area contributed by atoms with Crippen LogP contribution in [-0.2, 0) is 6.42 Å². The number of pyridine rings is 1. The molecule has 0 aliphatic carbocycles. The molecule has 0 aromatic carbocycles. The van der Waals surface area contributed by atoms with Crippen molar-refractivity contribution in [3.05, 3.63) is 17.8 Å². The van der Waals surface area contributed by atoms with Crippen LogP contribution in [0.3, 0.4) is 0 Å². The molecule has 14 heavy (non-hydrogen) atoms. The first kappa shape index (κ1) is 10.8. The molecule has 3 nitrogen and oxygen atoms in total. The molecule has 1 heterocycles. The molecule has 0 unspecified atom stereocenters. The standard InChI is InChI=1S/C11H17NO2/c1-3-4-5-6-9-10(13)7-8-11(12-9)14-2/h7-8,13H,3-6H2,1-2H3. The van der Waals surface area contributed by atoms with Crippen molar-refractivity contribution in [1.29, 1.82) is 0 Å². The number of hydrogen-bond acceptors (Lipinski definition) is 3. The van der Waals surface area contributed by atoms with Gasteiger partial charge < -0.3 is 9.84 Å². The lowest BCUT2D eigenvalue weighted by atomic mass is 10.1. The van der Waals surface area contributed by atoms with Gasteiger partial charge in [0.2, 0.25) is 5.88 Å². The van der Waals surface area contributed by atoms with E-state index >= 15 is 0 Å². The van der Waals surface area contributed by atoms with E-state index in [4.69, 9.17) is 4.74 Å². The third kappa shape index (κ3) is 2.91. The molecule has 3 heteroatoms. The van der Waals surface area contributed by atoms with Crippen molar-refractivity contribution in [3.63, 3.8) is 0 Å². The lowest BCUT2D eigenvalue weighted by molar-refractivity contribution is 0.390. The van der Waals surface area contributed by atoms with Crippen molar-refractivity contribution < 1.29 is 9.84 Å². The molecule has 0 aliphatic heterocycles. The molecular weight excluding hydrogens is 178 g/mol. The van der Waals surface area contributed by atoms with Crippen LogP contribution in [0.2, 0.25) is 0 Å². The van der Waals surface area contributed by atoms with Gasteiger partial charge in [-0.05, 0) is 18.9 Å². The molecule has 0 saturated carbocycles. The van der Waals surface area contributed by atoms with Crippen LogP contribution in [0.25, 0.3) is 0 Å². The first-order valence-electron chi connectivity index (χ1n) is 5.00. The third-order valence-electron chi connectivity index (χ3n) is 2.15. The molecule has 0 amide bonds. The monoisotopic (exact) mass is 195 g/mol. The van der Waals surface area contributed by atoms with Crippen LogP contribution < -0.4 is 4.74 Å². The Bertz CT molecular complexity index is 287. The highest BCUT2D eigenvalue weighted by Gasteiger charge is 2.04. The van der Waals surface area contributed by atoms with Crippen molar-refractivity contribution in [2.75, 3.05) is 7.11 Å². The predicted molar refractivity (Wildman–Crippen MR) is 55.7 cm³/mol. The summed E-state index contributed by atoms with van der Waals surface area (Å²) in [6, 6.07) is 3.30. The number of hydrogen-bond donors (Lipinski definition) is 1. The largest absolute Gasteiger partial charge is 0.506 e. The molecule has 1 N–H and O–H groups in total. The smallest absolute Gasteiger partial charge is 0.213 e. The maximum atomic E-state index is 9.51. The van der Waals surface area contributed by atoms with E-state index in [9.17, 15) is 5.11 Å². The van der Waals surface area contributed by atoms with E-state index in [1.54, 1.807) is 19.2 Å². The highest BCUT2D eigenvalue weighted by atomic mass is 16.5. The number of aromatic nitrogens is 1. The Balaban J connectivity index is 2.64. The molecule has 1 aromatic rings. The number of aryl methyl sites for hydroxylation is 1. The van der Waals surface area contributed by atoms with Crippen molar-refractivity contribution in [2.24, 2.45) is 0 Å². The molecule has 0 spiro atoms. The van der Waals surface area contributed by atoms with Gasteiger partial charge in [0.1, 0.15) is 5.75 Å². The minimum atomic E-state index is 0.266. The lowest BCUT2D eigenvalue weighted by Gasteiger charge is -2.05. The summed E-state index contributed by atoms with van der Waals surface area (Å²) in [6.45, 7) is 2.15. The molecule has 0 radical (unpaired) electrons. The molecule has 0 aliphatic rings. The second-order valence-electron chi connectivity index (χ2n) is 3.28. The summed E-state index contributed by atoms with van der Waals surface area (Å²) in [7, 11) is 1.58. The first-order valence-corrected chi connectivity index (χ1v) is 5.00. The van der Waals surface area contributed by atoms with Gasteiger partial charge in [-0.15, -0.1) is 0 Å². The maximum Gasteiger partial charge on any atom is 0.213 e. The molecule has 78 valence electrons. The number of unbranched alkanes of at least 4 members (excludes halogenated alkanes) is 2. The minimum Gasteiger partial charge on any atom is -0.506 e. The summed E-state index contributed by atoms with van der Waals surface area (Å²) >= 11 is 0. The average molecular weight is 195 g/mol. The van der Waals surface area contributed by atoms with E-state index < -0.39 is 0 Å². The fourth-order valence-corrected chi connectivity index (χ4v) is 1.31. The SMILES string of the molecule is CCCCCc1nc(OC)ccc1O. The van der Waals surface area contributed by atoms with Crippen LogP contribution in [0, 0.1) is 0 Å². The molecule has 0 saturated heterocycles. The maximum absolute atomic E-state index is 9.51. The fourth-order valence-electron chi connectivity index (χ4n) is 1.31. The molecule has 1 aromatic heterocycles. The lowest BCUT2D eigenvalue weighted by Crippen LogP contribution is -1.94. The van der Waals surface area contributed by atoms with E-state index in [2.05, 4.69) is 11.9 Å². The highest BCUT2D eigenvalue weighted by molar-refractivity contribution is 5.30. The second-order valence-corrected chi connectivity index (χ2v) is 3.28. The van der Waals surface area contributed by atoms with E-state index in [0.29, 0.717) is 5.88 Å². The van der Waals surface area contributed by atoms with Gasteiger partial charge in [0.25, 0.3) is 0 Å². The van der Waals surface area contributed by atoms with Gasteiger partial charge in [-0.2, -0.15) is 0 Å². The number of aromatic hydroxyl groups is 1. The van der Waals surface area contributed by atoms with Crippen LogP contribution in [-0.4, -0.2) is 17.2 Å². The Morgan fingerprint density at radius 1 is 1.36 bits per heavy atom. The van der Waals surface area contributed by atoms with Crippen molar-refractivity contribution in [2.45, 2.75) is 32.6 Å². The number of nitrogens with zero attached hydrogens (tertiary/aromatic N) is 1. The quantitative estimate of drug-likeness (QED) is 0.734. The summed E-state index contributed by atoms with van der Waals surface area (Å²) in [5, 5.41) is 9.51. The fraction of sp³-hybridized carbons (Fsp3) is 0.545. The summed E-state index contributed by atoms with van der Waals surface area (Å²) in [4.78, 5) is 4.19. The zero-order valence-corrected chi connectivity index (χ0v) is 8.79. The first-order chi connectivity index (χ1) is 6.77. The van der Waals surface area contributed by atoms with E-state index in [0.717, 1.165) is 18.5 Å². The number of rotatable bonds is 5. The van der Waals surface area contributed by atoms with E-state index in [1.165, 1.54) is 12.8 Å². The van der Waals surface area contributed by atoms with E-state index in [1.807, 2.05) is 0 Å². The Labute approximate surface area is 84.7 Å². The van der Waals surface area contributed by atoms with Crippen LogP contribution in [0.4, 0.5) is 0 Å². The third-order valence-corrected chi connectivity index (χ3v) is 2.15. The zero-order valence-electron chi connectivity index (χ0n) is 8.79. The Hall–Kier alpha value is -1.25. The van der Waals surface area contributed by atoms with E-state index in [-0.39, 0.29) is 5.75 Å². The van der Waals surface area contributed by atoms with Crippen LogP contribution >= 0.6 is 0 Å². The minimum absolute atomic E-state index is 0.266. The molecule has 0 fully saturated rings. The molecule has 1 rings (SSSR count). The average Bonchev–Trinajstić information content (AvgIpc) is 2.21.